The molecule has 0 saturated carbocycles. The van der Waals surface area contributed by atoms with Gasteiger partial charge in [0.2, 0.25) is 0 Å². The van der Waals surface area contributed by atoms with Crippen molar-refractivity contribution in [3.63, 3.8) is 0 Å². The molecule has 0 atom stereocenters. The first-order valence-electron chi connectivity index (χ1n) is 10.4. The molecule has 1 aliphatic carbocycles. The first kappa shape index (κ1) is 23.6. The summed E-state index contributed by atoms with van der Waals surface area (Å²) in [7, 11) is 0. The van der Waals surface area contributed by atoms with Gasteiger partial charge in [0.15, 0.2) is 5.76 Å². The largest absolute Gasteiger partial charge is 0.455 e. The van der Waals surface area contributed by atoms with E-state index in [1.807, 2.05) is 0 Å². The highest BCUT2D eigenvalue weighted by molar-refractivity contribution is 6.30. The zero-order valence-corrected chi connectivity index (χ0v) is 18.7. The average Bonchev–Trinajstić information content (AvgIpc) is 3.15. The van der Waals surface area contributed by atoms with Gasteiger partial charge in [0, 0.05) is 28.1 Å². The van der Waals surface area contributed by atoms with Crippen LogP contribution in [0.4, 0.5) is 18.9 Å². The number of alkyl halides is 3. The highest BCUT2D eigenvalue weighted by Gasteiger charge is 2.34. The number of aryl methyl sites for hydroxylation is 1. The van der Waals surface area contributed by atoms with Crippen LogP contribution in [0.25, 0.3) is 0 Å². The van der Waals surface area contributed by atoms with Gasteiger partial charge in [-0.05, 0) is 56.2 Å². The van der Waals surface area contributed by atoms with Crippen LogP contribution in [0.15, 0.2) is 58.0 Å². The summed E-state index contributed by atoms with van der Waals surface area (Å²) in [4.78, 5) is 25.2. The number of carbonyl (C=O) groups excluding carboxylic acids is 2. The molecule has 0 spiro atoms. The molecule has 176 valence electrons. The van der Waals surface area contributed by atoms with E-state index in [0.717, 1.165) is 6.07 Å². The second kappa shape index (κ2) is 9.34. The van der Waals surface area contributed by atoms with Crippen molar-refractivity contribution >= 4 is 34.8 Å². The van der Waals surface area contributed by atoms with E-state index in [-0.39, 0.29) is 11.4 Å². The third-order valence-corrected chi connectivity index (χ3v) is 5.66. The molecule has 0 fully saturated rings. The molecule has 0 radical (unpaired) electrons. The third kappa shape index (κ3) is 4.84. The van der Waals surface area contributed by atoms with E-state index in [1.54, 1.807) is 31.2 Å². The number of halogens is 4. The number of fused-ring (bicyclic) bond motifs is 1. The molecule has 2 aromatic carbocycles. The third-order valence-electron chi connectivity index (χ3n) is 5.41. The monoisotopic (exact) mass is 489 g/mol. The molecule has 6 nitrogen and oxygen atoms in total. The number of carbonyl (C=O) groups is 2. The van der Waals surface area contributed by atoms with Crippen LogP contribution in [0.5, 0.6) is 0 Å². The molecule has 3 aromatic rings. The second-order valence-electron chi connectivity index (χ2n) is 7.71. The summed E-state index contributed by atoms with van der Waals surface area (Å²) in [6.07, 6.45) is -2.88. The predicted octanol–water partition coefficient (Wildman–Crippen LogP) is 5.98. The molecule has 0 aliphatic heterocycles. The number of nitrogens with one attached hydrogen (secondary N) is 2. The maximum atomic E-state index is 13.3. The number of anilines is 1. The van der Waals surface area contributed by atoms with Gasteiger partial charge in [-0.3, -0.25) is 9.59 Å². The molecule has 1 aromatic heterocycles. The topological polar surface area (TPSA) is 83.7 Å². The Hall–Kier alpha value is -3.59. The van der Waals surface area contributed by atoms with Crippen LogP contribution in [-0.4, -0.2) is 17.5 Å². The van der Waals surface area contributed by atoms with E-state index in [2.05, 4.69) is 15.8 Å². The van der Waals surface area contributed by atoms with Crippen LogP contribution >= 0.6 is 11.6 Å². The van der Waals surface area contributed by atoms with Crippen molar-refractivity contribution < 1.29 is 27.2 Å². The minimum absolute atomic E-state index is 0.0967. The Morgan fingerprint density at radius 1 is 1.03 bits per heavy atom. The smallest absolute Gasteiger partial charge is 0.418 e. The first-order chi connectivity index (χ1) is 16.1. The van der Waals surface area contributed by atoms with E-state index in [9.17, 15) is 22.8 Å². The Morgan fingerprint density at radius 2 is 1.74 bits per heavy atom. The summed E-state index contributed by atoms with van der Waals surface area (Å²) in [5.41, 5.74) is 3.10. The van der Waals surface area contributed by atoms with Gasteiger partial charge in [-0.2, -0.15) is 18.3 Å². The Morgan fingerprint density at radius 3 is 2.44 bits per heavy atom. The lowest BCUT2D eigenvalue weighted by molar-refractivity contribution is -0.136. The Labute approximate surface area is 197 Å². The number of rotatable bonds is 4. The molecular weight excluding hydrogens is 471 g/mol. The van der Waals surface area contributed by atoms with E-state index in [1.165, 1.54) is 18.2 Å². The van der Waals surface area contributed by atoms with Crippen LogP contribution in [0, 0.1) is 6.92 Å². The minimum Gasteiger partial charge on any atom is -0.455 e. The minimum atomic E-state index is -4.62. The molecule has 0 saturated heterocycles. The van der Waals surface area contributed by atoms with Crippen LogP contribution in [-0.2, 0) is 12.6 Å². The number of nitrogens with zero attached hydrogens (tertiary/aromatic N) is 1. The van der Waals surface area contributed by atoms with E-state index >= 15 is 0 Å². The standard InChI is InChI=1S/C24H19ClF3N3O3/c1-13-20-18(30-31-22(32)14-9-11-15(25)12-10-14)7-4-8-19(20)34-21(13)23(33)29-17-6-3-2-5-16(17)24(26,27)28/h2-3,5-6,9-12H,4,7-8H2,1H3,(H,29,33)(H,31,32)/b30-18+. The molecular formula is C24H19ClF3N3O3. The van der Waals surface area contributed by atoms with Crippen molar-refractivity contribution in [3.05, 3.63) is 87.3 Å². The van der Waals surface area contributed by atoms with Crippen molar-refractivity contribution in [3.8, 4) is 0 Å². The fraction of sp³-hybridized carbons (Fsp3) is 0.208. The normalized spacial score (nSPS) is 14.6. The number of amides is 2. The fourth-order valence-corrected chi connectivity index (χ4v) is 3.93. The highest BCUT2D eigenvalue weighted by Crippen LogP contribution is 2.35. The molecule has 1 aliphatic rings. The van der Waals surface area contributed by atoms with Crippen molar-refractivity contribution in [2.75, 3.05) is 5.32 Å². The molecule has 1 heterocycles. The van der Waals surface area contributed by atoms with Gasteiger partial charge in [-0.1, -0.05) is 23.7 Å². The van der Waals surface area contributed by atoms with Gasteiger partial charge in [-0.25, -0.2) is 5.43 Å². The van der Waals surface area contributed by atoms with E-state index < -0.39 is 23.6 Å². The van der Waals surface area contributed by atoms with Gasteiger partial charge in [0.25, 0.3) is 11.8 Å². The summed E-state index contributed by atoms with van der Waals surface area (Å²) < 4.78 is 45.6. The maximum Gasteiger partial charge on any atom is 0.418 e. The zero-order valence-electron chi connectivity index (χ0n) is 17.9. The molecule has 34 heavy (non-hydrogen) atoms. The summed E-state index contributed by atoms with van der Waals surface area (Å²) >= 11 is 5.84. The van der Waals surface area contributed by atoms with E-state index in [4.69, 9.17) is 16.0 Å². The lowest BCUT2D eigenvalue weighted by atomic mass is 9.93. The van der Waals surface area contributed by atoms with Crippen LogP contribution in [0.3, 0.4) is 0 Å². The Bertz CT molecular complexity index is 1280. The van der Waals surface area contributed by atoms with Crippen LogP contribution < -0.4 is 10.7 Å². The number of benzene rings is 2. The lowest BCUT2D eigenvalue weighted by Crippen LogP contribution is -2.22. The van der Waals surface area contributed by atoms with Crippen molar-refractivity contribution in [1.82, 2.24) is 5.43 Å². The predicted molar refractivity (Wildman–Crippen MR) is 121 cm³/mol. The van der Waals surface area contributed by atoms with Gasteiger partial charge < -0.3 is 9.73 Å². The van der Waals surface area contributed by atoms with Gasteiger partial charge in [-0.15, -0.1) is 0 Å². The summed E-state index contributed by atoms with van der Waals surface area (Å²) in [6.45, 7) is 1.63. The van der Waals surface area contributed by atoms with Crippen molar-refractivity contribution in [2.45, 2.75) is 32.4 Å². The summed E-state index contributed by atoms with van der Waals surface area (Å²) in [5.74, 6) is -0.828. The van der Waals surface area contributed by atoms with Gasteiger partial charge in [0.1, 0.15) is 5.76 Å². The van der Waals surface area contributed by atoms with Gasteiger partial charge >= 0.3 is 6.18 Å². The number of hydrogen-bond acceptors (Lipinski definition) is 4. The fourth-order valence-electron chi connectivity index (χ4n) is 3.80. The van der Waals surface area contributed by atoms with Crippen molar-refractivity contribution in [1.29, 1.82) is 0 Å². The molecule has 2 N–H and O–H groups in total. The molecule has 2 amide bonds. The number of para-hydroxylation sites is 1. The second-order valence-corrected chi connectivity index (χ2v) is 8.15. The Balaban J connectivity index is 1.58. The molecule has 10 heteroatoms. The number of furan rings is 1. The quantitative estimate of drug-likeness (QED) is 0.442. The van der Waals surface area contributed by atoms with Crippen LogP contribution in [0.2, 0.25) is 5.02 Å². The maximum absolute atomic E-state index is 13.3. The molecule has 0 unspecified atom stereocenters. The number of hydrazone groups is 1. The van der Waals surface area contributed by atoms with Crippen molar-refractivity contribution in [2.24, 2.45) is 5.10 Å². The number of hydrogen-bond donors (Lipinski definition) is 2. The molecule has 4 rings (SSSR count). The van der Waals surface area contributed by atoms with E-state index in [0.29, 0.717) is 52.4 Å². The SMILES string of the molecule is Cc1c(C(=O)Nc2ccccc2C(F)(F)F)oc2c1/C(=N/NC(=O)c1ccc(Cl)cc1)CCC2. The average molecular weight is 490 g/mol. The summed E-state index contributed by atoms with van der Waals surface area (Å²) in [5, 5.41) is 7.03. The Kier molecular flexibility index (Phi) is 6.47. The lowest BCUT2D eigenvalue weighted by Gasteiger charge is -2.13. The summed E-state index contributed by atoms with van der Waals surface area (Å²) in [6, 6.07) is 11.0. The highest BCUT2D eigenvalue weighted by atomic mass is 35.5. The first-order valence-corrected chi connectivity index (χ1v) is 10.8. The van der Waals surface area contributed by atoms with Crippen LogP contribution in [0.1, 0.15) is 56.2 Å². The molecule has 0 bridgehead atoms. The zero-order chi connectivity index (χ0) is 24.5. The van der Waals surface area contributed by atoms with Gasteiger partial charge in [0.05, 0.1) is 17.0 Å².